The van der Waals surface area contributed by atoms with E-state index in [4.69, 9.17) is 9.47 Å². The number of carbonyl (C=O) groups excluding carboxylic acids is 2. The van der Waals surface area contributed by atoms with Crippen LogP contribution in [-0.4, -0.2) is 55.4 Å². The van der Waals surface area contributed by atoms with E-state index in [2.05, 4.69) is 46.3 Å². The Morgan fingerprint density at radius 3 is 2.58 bits per heavy atom. The maximum atomic E-state index is 13.0. The summed E-state index contributed by atoms with van der Waals surface area (Å²) in [6, 6.07) is 7.21. The van der Waals surface area contributed by atoms with Gasteiger partial charge in [0.25, 0.3) is 0 Å². The predicted molar refractivity (Wildman–Crippen MR) is 151 cm³/mol. The first-order chi connectivity index (χ1) is 18.8. The molecule has 2 aliphatic heterocycles. The maximum absolute atomic E-state index is 13.0. The Bertz CT molecular complexity index is 1440. The van der Waals surface area contributed by atoms with Crippen molar-refractivity contribution >= 4 is 23.6 Å². The van der Waals surface area contributed by atoms with E-state index in [9.17, 15) is 9.59 Å². The lowest BCUT2D eigenvalue weighted by Crippen LogP contribution is -2.45. The van der Waals surface area contributed by atoms with E-state index in [1.54, 1.807) is 9.80 Å². The summed E-state index contributed by atoms with van der Waals surface area (Å²) in [5.74, 6) is 1.60. The minimum Gasteiger partial charge on any atom is -0.444 e. The second-order valence-electron chi connectivity index (χ2n) is 12.4. The number of carbonyl (C=O) groups is 2. The highest BCUT2D eigenvalue weighted by molar-refractivity contribution is 6.02. The molecule has 0 saturated heterocycles. The molecular weight excluding hydrogens is 510 g/mol. The number of hydrogen-bond acceptors (Lipinski definition) is 7. The van der Waals surface area contributed by atoms with Crippen LogP contribution < -0.4 is 15.0 Å². The number of aromatic nitrogens is 4. The first kappa shape index (κ1) is 27.4. The molecule has 1 atom stereocenters. The van der Waals surface area contributed by atoms with E-state index < -0.39 is 5.60 Å². The first-order valence-corrected chi connectivity index (χ1v) is 13.6. The first-order valence-electron chi connectivity index (χ1n) is 13.6. The van der Waals surface area contributed by atoms with Crippen LogP contribution >= 0.6 is 0 Å². The monoisotopic (exact) mass is 547 g/mol. The fourth-order valence-corrected chi connectivity index (χ4v) is 4.86. The van der Waals surface area contributed by atoms with Gasteiger partial charge in [-0.2, -0.15) is 5.10 Å². The number of hydrogen-bond donors (Lipinski definition) is 2. The molecule has 212 valence electrons. The molecule has 5 rings (SSSR count). The van der Waals surface area contributed by atoms with Crippen molar-refractivity contribution in [3.05, 3.63) is 53.1 Å². The van der Waals surface area contributed by atoms with E-state index in [-0.39, 0.29) is 23.6 Å². The van der Waals surface area contributed by atoms with Gasteiger partial charge in [0.1, 0.15) is 17.7 Å². The Balaban J connectivity index is 1.28. The van der Waals surface area contributed by atoms with E-state index in [0.717, 1.165) is 28.2 Å². The number of anilines is 2. The van der Waals surface area contributed by atoms with Crippen molar-refractivity contribution in [3.8, 4) is 11.6 Å². The number of urea groups is 1. The van der Waals surface area contributed by atoms with Crippen molar-refractivity contribution in [2.24, 2.45) is 0 Å². The quantitative estimate of drug-likeness (QED) is 0.439. The molecule has 0 spiro atoms. The van der Waals surface area contributed by atoms with E-state index in [1.807, 2.05) is 52.0 Å². The van der Waals surface area contributed by atoms with Gasteiger partial charge in [-0.05, 0) is 64.3 Å². The van der Waals surface area contributed by atoms with Crippen molar-refractivity contribution in [1.82, 2.24) is 25.1 Å². The summed E-state index contributed by atoms with van der Waals surface area (Å²) in [7, 11) is 0. The summed E-state index contributed by atoms with van der Waals surface area (Å²) in [6.07, 6.45) is 2.35. The molecule has 0 aliphatic carbocycles. The van der Waals surface area contributed by atoms with Crippen LogP contribution in [-0.2, 0) is 29.5 Å². The van der Waals surface area contributed by atoms with Crippen LogP contribution in [0.25, 0.3) is 0 Å². The summed E-state index contributed by atoms with van der Waals surface area (Å²) < 4.78 is 11.8. The lowest BCUT2D eigenvalue weighted by Gasteiger charge is -2.35. The van der Waals surface area contributed by atoms with Crippen LogP contribution in [0.3, 0.4) is 0 Å². The normalized spacial score (nSPS) is 16.8. The van der Waals surface area contributed by atoms with Gasteiger partial charge in [0, 0.05) is 41.0 Å². The molecule has 11 nitrogen and oxygen atoms in total. The summed E-state index contributed by atoms with van der Waals surface area (Å²) in [4.78, 5) is 38.0. The lowest BCUT2D eigenvalue weighted by atomic mass is 9.92. The maximum Gasteiger partial charge on any atom is 0.410 e. The van der Waals surface area contributed by atoms with Gasteiger partial charge in [0.15, 0.2) is 5.82 Å². The van der Waals surface area contributed by atoms with Crippen molar-refractivity contribution in [2.45, 2.75) is 84.9 Å². The number of nitrogens with zero attached hydrogens (tertiary/aromatic N) is 5. The number of aromatic amines is 1. The van der Waals surface area contributed by atoms with Gasteiger partial charge >= 0.3 is 12.1 Å². The van der Waals surface area contributed by atoms with Gasteiger partial charge in [-0.15, -0.1) is 0 Å². The van der Waals surface area contributed by atoms with Crippen LogP contribution in [0.1, 0.15) is 71.0 Å². The molecule has 4 heterocycles. The Kier molecular flexibility index (Phi) is 6.93. The van der Waals surface area contributed by atoms with Gasteiger partial charge in [-0.25, -0.2) is 19.6 Å². The van der Waals surface area contributed by atoms with E-state index in [1.165, 1.54) is 6.33 Å². The molecule has 0 saturated carbocycles. The molecule has 40 heavy (non-hydrogen) atoms. The Morgan fingerprint density at radius 2 is 1.88 bits per heavy atom. The highest BCUT2D eigenvalue weighted by atomic mass is 16.6. The zero-order chi connectivity index (χ0) is 28.8. The van der Waals surface area contributed by atoms with Crippen molar-refractivity contribution < 1.29 is 19.1 Å². The molecule has 1 unspecified atom stereocenters. The predicted octanol–water partition coefficient (Wildman–Crippen LogP) is 5.57. The third kappa shape index (κ3) is 5.73. The Labute approximate surface area is 234 Å². The largest absolute Gasteiger partial charge is 0.444 e. The number of amides is 3. The third-order valence-corrected chi connectivity index (χ3v) is 7.00. The minimum absolute atomic E-state index is 0.0922. The number of fused-ring (bicyclic) bond motifs is 2. The highest BCUT2D eigenvalue weighted by Crippen LogP contribution is 2.36. The number of rotatable bonds is 3. The molecule has 0 bridgehead atoms. The van der Waals surface area contributed by atoms with Gasteiger partial charge in [0.05, 0.1) is 12.2 Å². The zero-order valence-electron chi connectivity index (χ0n) is 24.2. The average Bonchev–Trinajstić information content (AvgIpc) is 3.50. The molecule has 11 heteroatoms. The van der Waals surface area contributed by atoms with Crippen LogP contribution in [0.15, 0.2) is 30.6 Å². The average molecular weight is 548 g/mol. The summed E-state index contributed by atoms with van der Waals surface area (Å²) in [5.41, 5.74) is 3.75. The van der Waals surface area contributed by atoms with Gasteiger partial charge in [0.2, 0.25) is 5.88 Å². The van der Waals surface area contributed by atoms with Crippen molar-refractivity contribution in [3.63, 3.8) is 0 Å². The molecule has 1 aromatic carbocycles. The SMILES string of the molecule is CC1Cc2c(ncnc2Oc2ccc3c(c2)CCN3C(=O)Nc2cc(C(C)(C)C)[nH]n2)CN1C(=O)OC(C)(C)C. The molecule has 0 radical (unpaired) electrons. The zero-order valence-corrected chi connectivity index (χ0v) is 24.2. The molecule has 2 aromatic heterocycles. The molecule has 2 aliphatic rings. The molecule has 0 fully saturated rings. The van der Waals surface area contributed by atoms with E-state index in [0.29, 0.717) is 43.4 Å². The fourth-order valence-electron chi connectivity index (χ4n) is 4.86. The van der Waals surface area contributed by atoms with Gasteiger partial charge in [-0.1, -0.05) is 20.8 Å². The van der Waals surface area contributed by atoms with Crippen LogP contribution in [0.2, 0.25) is 0 Å². The second-order valence-corrected chi connectivity index (χ2v) is 12.4. The standard InChI is InChI=1S/C29H37N7O4/c1-17-12-20-21(15-36(17)27(38)40-29(5,6)7)30-16-31-25(20)39-19-8-9-22-18(13-19)10-11-35(22)26(37)32-24-14-23(33-34-24)28(2,3)4/h8-9,13-14,16-17H,10-12,15H2,1-7H3,(H2,32,33,34,37). The number of H-pyrrole nitrogens is 1. The number of ether oxygens (including phenoxy) is 2. The Morgan fingerprint density at radius 1 is 1.10 bits per heavy atom. The van der Waals surface area contributed by atoms with Crippen LogP contribution in [0.4, 0.5) is 21.1 Å². The van der Waals surface area contributed by atoms with E-state index >= 15 is 0 Å². The topological polar surface area (TPSA) is 126 Å². The second kappa shape index (κ2) is 10.1. The summed E-state index contributed by atoms with van der Waals surface area (Å²) >= 11 is 0. The lowest BCUT2D eigenvalue weighted by molar-refractivity contribution is 0.0132. The smallest absolute Gasteiger partial charge is 0.410 e. The van der Waals surface area contributed by atoms with Crippen LogP contribution in [0, 0.1) is 0 Å². The molecule has 2 N–H and O–H groups in total. The Hall–Kier alpha value is -4.15. The summed E-state index contributed by atoms with van der Waals surface area (Å²) in [5, 5.41) is 10.1. The number of benzene rings is 1. The van der Waals surface area contributed by atoms with Crippen molar-refractivity contribution in [2.75, 3.05) is 16.8 Å². The van der Waals surface area contributed by atoms with Gasteiger partial charge < -0.3 is 9.47 Å². The third-order valence-electron chi connectivity index (χ3n) is 7.00. The molecule has 3 aromatic rings. The van der Waals surface area contributed by atoms with Gasteiger partial charge in [-0.3, -0.25) is 20.2 Å². The molecule has 3 amide bonds. The highest BCUT2D eigenvalue weighted by Gasteiger charge is 2.33. The fraction of sp³-hybridized carbons (Fsp3) is 0.483. The van der Waals surface area contributed by atoms with Crippen molar-refractivity contribution in [1.29, 1.82) is 0 Å². The molecular formula is C29H37N7O4. The van der Waals surface area contributed by atoms with Crippen LogP contribution in [0.5, 0.6) is 11.6 Å². The minimum atomic E-state index is -0.574. The summed E-state index contributed by atoms with van der Waals surface area (Å²) in [6.45, 7) is 14.7. The number of nitrogens with one attached hydrogen (secondary N) is 2.